The zero-order chi connectivity index (χ0) is 26.9. The molecule has 0 radical (unpaired) electrons. The summed E-state index contributed by atoms with van der Waals surface area (Å²) in [7, 11) is 0. The Morgan fingerprint density at radius 2 is 1.82 bits per heavy atom. The monoisotopic (exact) mass is 591 g/mol. The number of fused-ring (bicyclic) bond motifs is 2. The van der Waals surface area contributed by atoms with Gasteiger partial charge in [0, 0.05) is 24.2 Å². The van der Waals surface area contributed by atoms with Crippen molar-refractivity contribution in [2.24, 2.45) is 0 Å². The van der Waals surface area contributed by atoms with Crippen molar-refractivity contribution in [2.45, 2.75) is 59.9 Å². The Morgan fingerprint density at radius 3 is 2.45 bits per heavy atom. The van der Waals surface area contributed by atoms with E-state index < -0.39 is 5.82 Å². The van der Waals surface area contributed by atoms with Gasteiger partial charge in [0.2, 0.25) is 0 Å². The third kappa shape index (κ3) is 5.63. The van der Waals surface area contributed by atoms with Gasteiger partial charge in [-0.2, -0.15) is 0 Å². The molecule has 0 unspecified atom stereocenters. The fraction of sp³-hybridized carbons (Fsp3) is 0.517. The van der Waals surface area contributed by atoms with Gasteiger partial charge in [-0.3, -0.25) is 10.2 Å². The van der Waals surface area contributed by atoms with E-state index in [1.54, 1.807) is 17.9 Å². The van der Waals surface area contributed by atoms with E-state index in [0.29, 0.717) is 30.1 Å². The second kappa shape index (κ2) is 11.9. The van der Waals surface area contributed by atoms with E-state index in [9.17, 15) is 4.79 Å². The number of nitrogens with one attached hydrogen (secondary N) is 1. The van der Waals surface area contributed by atoms with Crippen molar-refractivity contribution in [3.63, 3.8) is 0 Å². The van der Waals surface area contributed by atoms with Crippen LogP contribution in [0.4, 0.5) is 10.1 Å². The lowest BCUT2D eigenvalue weighted by Gasteiger charge is -2.35. The van der Waals surface area contributed by atoms with E-state index in [1.165, 1.54) is 0 Å². The van der Waals surface area contributed by atoms with Crippen LogP contribution in [0, 0.1) is 11.2 Å². The molecule has 0 aliphatic carbocycles. The topological polar surface area (TPSA) is 75.1 Å². The van der Waals surface area contributed by atoms with E-state index in [1.807, 2.05) is 19.1 Å². The molecule has 2 heterocycles. The number of amidine groups is 1. The molecule has 38 heavy (non-hydrogen) atoms. The number of rotatable bonds is 9. The molecule has 0 fully saturated rings. The zero-order valence-electron chi connectivity index (χ0n) is 23.2. The summed E-state index contributed by atoms with van der Waals surface area (Å²) in [5.74, 6) is 0.430. The summed E-state index contributed by atoms with van der Waals surface area (Å²) in [6.45, 7) is 15.2. The lowest BCUT2D eigenvalue weighted by Crippen LogP contribution is -2.35. The van der Waals surface area contributed by atoms with Crippen molar-refractivity contribution in [2.75, 3.05) is 44.4 Å². The first-order valence-electron chi connectivity index (χ1n) is 13.1. The molecule has 0 bridgehead atoms. The number of Topliss-reactive ketones (excluding diaryl/α,β-unsaturated/α-hetero) is 1. The Hall–Kier alpha value is -2.81. The molecular weight excluding hydrogens is 553 g/mol. The first-order valence-corrected chi connectivity index (χ1v) is 13.1. The van der Waals surface area contributed by atoms with E-state index in [4.69, 9.17) is 19.6 Å². The molecular formula is C29H39BrFN3O4. The maximum atomic E-state index is 15.4. The molecule has 7 nitrogen and oxygen atoms in total. The van der Waals surface area contributed by atoms with E-state index in [0.717, 1.165) is 36.5 Å². The van der Waals surface area contributed by atoms with Crippen LogP contribution >= 0.6 is 17.0 Å². The summed E-state index contributed by atoms with van der Waals surface area (Å²) in [5, 5.41) is 8.67. The van der Waals surface area contributed by atoms with Crippen LogP contribution in [-0.2, 0) is 12.0 Å². The number of halogens is 2. The molecule has 1 N–H and O–H groups in total. The van der Waals surface area contributed by atoms with Crippen LogP contribution in [-0.4, -0.2) is 56.0 Å². The van der Waals surface area contributed by atoms with Crippen molar-refractivity contribution in [1.29, 1.82) is 5.41 Å². The SMILES string of the molecule is Br.CCCN1CCOc2c1cc(C(=O)CN1Cc3cc(OCC)c(OCC)c(F)c3C1=N)cc2C(C)(C)C. The number of ether oxygens (including phenoxy) is 3. The highest BCUT2D eigenvalue weighted by atomic mass is 79.9. The Bertz CT molecular complexity index is 1210. The van der Waals surface area contributed by atoms with Gasteiger partial charge in [-0.05, 0) is 49.4 Å². The second-order valence-corrected chi connectivity index (χ2v) is 10.5. The summed E-state index contributed by atoms with van der Waals surface area (Å²) in [6.07, 6.45) is 0.991. The molecule has 208 valence electrons. The van der Waals surface area contributed by atoms with Crippen LogP contribution < -0.4 is 19.1 Å². The average molecular weight is 593 g/mol. The van der Waals surface area contributed by atoms with Gasteiger partial charge in [-0.15, -0.1) is 17.0 Å². The number of nitrogens with zero attached hydrogens (tertiary/aromatic N) is 2. The molecule has 2 aromatic rings. The largest absolute Gasteiger partial charge is 0.490 e. The van der Waals surface area contributed by atoms with E-state index in [2.05, 4.69) is 32.6 Å². The molecule has 4 rings (SSSR count). The summed E-state index contributed by atoms with van der Waals surface area (Å²) in [6, 6.07) is 5.56. The predicted molar refractivity (Wildman–Crippen MR) is 154 cm³/mol. The van der Waals surface area contributed by atoms with Gasteiger partial charge in [0.1, 0.15) is 18.2 Å². The van der Waals surface area contributed by atoms with Crippen LogP contribution in [0.1, 0.15) is 75.0 Å². The van der Waals surface area contributed by atoms with Gasteiger partial charge in [-0.25, -0.2) is 4.39 Å². The van der Waals surface area contributed by atoms with Crippen LogP contribution in [0.5, 0.6) is 17.2 Å². The van der Waals surface area contributed by atoms with Crippen molar-refractivity contribution in [1.82, 2.24) is 4.90 Å². The quantitative estimate of drug-likeness (QED) is 0.353. The maximum absolute atomic E-state index is 15.4. The first kappa shape index (κ1) is 29.7. The summed E-state index contributed by atoms with van der Waals surface area (Å²) >= 11 is 0. The minimum absolute atomic E-state index is 0. The summed E-state index contributed by atoms with van der Waals surface area (Å²) in [4.78, 5) is 17.5. The molecule has 9 heteroatoms. The van der Waals surface area contributed by atoms with Crippen molar-refractivity contribution in [3.8, 4) is 17.2 Å². The number of carbonyl (C=O) groups is 1. The second-order valence-electron chi connectivity index (χ2n) is 10.5. The molecule has 0 saturated heterocycles. The molecule has 0 spiro atoms. The van der Waals surface area contributed by atoms with Crippen LogP contribution in [0.25, 0.3) is 0 Å². The summed E-state index contributed by atoms with van der Waals surface area (Å²) in [5.41, 5.74) is 3.07. The molecule has 0 aromatic heterocycles. The predicted octanol–water partition coefficient (Wildman–Crippen LogP) is 6.13. The van der Waals surface area contributed by atoms with Crippen molar-refractivity contribution >= 4 is 34.3 Å². The molecule has 0 saturated carbocycles. The number of carbonyl (C=O) groups excluding carboxylic acids is 1. The van der Waals surface area contributed by atoms with Gasteiger partial charge >= 0.3 is 0 Å². The third-order valence-electron chi connectivity index (χ3n) is 6.75. The summed E-state index contributed by atoms with van der Waals surface area (Å²) < 4.78 is 32.7. The molecule has 0 atom stereocenters. The normalized spacial score (nSPS) is 14.4. The van der Waals surface area contributed by atoms with Gasteiger partial charge < -0.3 is 24.0 Å². The lowest BCUT2D eigenvalue weighted by atomic mass is 9.84. The smallest absolute Gasteiger partial charge is 0.197 e. The Morgan fingerprint density at radius 1 is 1.11 bits per heavy atom. The van der Waals surface area contributed by atoms with Gasteiger partial charge in [0.15, 0.2) is 23.1 Å². The maximum Gasteiger partial charge on any atom is 0.197 e. The first-order chi connectivity index (χ1) is 17.6. The fourth-order valence-electron chi connectivity index (χ4n) is 5.02. The van der Waals surface area contributed by atoms with Crippen LogP contribution in [0.3, 0.4) is 0 Å². The Kier molecular flexibility index (Phi) is 9.34. The number of anilines is 1. The van der Waals surface area contributed by atoms with Crippen molar-refractivity contribution in [3.05, 3.63) is 46.3 Å². The lowest BCUT2D eigenvalue weighted by molar-refractivity contribution is 0.0962. The van der Waals surface area contributed by atoms with Gasteiger partial charge in [0.25, 0.3) is 0 Å². The Balaban J connectivity index is 0.00000400. The highest BCUT2D eigenvalue weighted by Gasteiger charge is 2.34. The van der Waals surface area contributed by atoms with Gasteiger partial charge in [-0.1, -0.05) is 27.7 Å². The van der Waals surface area contributed by atoms with E-state index >= 15 is 4.39 Å². The van der Waals surface area contributed by atoms with Crippen LogP contribution in [0.2, 0.25) is 0 Å². The fourth-order valence-corrected chi connectivity index (χ4v) is 5.02. The van der Waals surface area contributed by atoms with Gasteiger partial charge in [0.05, 0.1) is 37.6 Å². The Labute approximate surface area is 235 Å². The highest BCUT2D eigenvalue weighted by molar-refractivity contribution is 8.93. The number of hydrogen-bond acceptors (Lipinski definition) is 6. The zero-order valence-corrected chi connectivity index (χ0v) is 24.9. The molecule has 2 aliphatic heterocycles. The number of hydrogen-bond donors (Lipinski definition) is 1. The minimum atomic E-state index is -0.612. The highest BCUT2D eigenvalue weighted by Crippen LogP contribution is 2.43. The number of benzene rings is 2. The molecule has 2 aliphatic rings. The third-order valence-corrected chi connectivity index (χ3v) is 6.75. The standard InChI is InChI=1S/C29H38FN3O4.BrH/c1-7-10-32-11-12-37-26-20(29(4,5)6)13-18(14-21(26)32)22(34)17-33-16-19-15-23(35-8-2)27(36-9-3)25(30)24(19)28(33)31;/h13-15,31H,7-12,16-17H2,1-6H3;1H. The van der Waals surface area contributed by atoms with Crippen LogP contribution in [0.15, 0.2) is 18.2 Å². The molecule has 0 amide bonds. The van der Waals surface area contributed by atoms with E-state index in [-0.39, 0.29) is 65.0 Å². The number of ketones is 1. The van der Waals surface area contributed by atoms with Crippen molar-refractivity contribution < 1.29 is 23.4 Å². The molecule has 2 aromatic carbocycles. The average Bonchev–Trinajstić information content (AvgIpc) is 3.15. The minimum Gasteiger partial charge on any atom is -0.490 e.